The number of rotatable bonds is 3. The van der Waals surface area contributed by atoms with Gasteiger partial charge in [-0.2, -0.15) is 4.40 Å². The molecule has 3 aromatic heterocycles. The molecule has 158 valence electrons. The lowest BCUT2D eigenvalue weighted by Gasteiger charge is -2.04. The molecule has 6 aromatic rings. The van der Waals surface area contributed by atoms with E-state index in [4.69, 9.17) is 0 Å². The van der Waals surface area contributed by atoms with Gasteiger partial charge in [0.25, 0.3) is 0 Å². The fourth-order valence-electron chi connectivity index (χ4n) is 4.38. The van der Waals surface area contributed by atoms with Crippen LogP contribution in [0.1, 0.15) is 5.56 Å². The molecule has 3 aromatic carbocycles. The monoisotopic (exact) mass is 505 g/mol. The lowest BCUT2D eigenvalue weighted by molar-refractivity contribution is -0.676. The van der Waals surface area contributed by atoms with Crippen LogP contribution in [0.4, 0.5) is 4.39 Å². The zero-order valence-electron chi connectivity index (χ0n) is 16.9. The predicted molar refractivity (Wildman–Crippen MR) is 126 cm³/mol. The van der Waals surface area contributed by atoms with E-state index in [1.807, 2.05) is 12.1 Å². The van der Waals surface area contributed by atoms with Gasteiger partial charge in [-0.05, 0) is 54.1 Å². The molecule has 3 nitrogen and oxygen atoms in total. The zero-order valence-corrected chi connectivity index (χ0v) is 19.2. The molecular formula is C26H18BrClFN3. The maximum atomic E-state index is 13.4. The number of benzene rings is 3. The molecule has 0 aliphatic rings. The quantitative estimate of drug-likeness (QED) is 0.356. The fraction of sp³-hybridized carbons (Fsp3) is 0.0385. The Hall–Kier alpha value is -3.15. The van der Waals surface area contributed by atoms with E-state index in [1.165, 1.54) is 22.9 Å². The van der Waals surface area contributed by atoms with Crippen molar-refractivity contribution in [3.8, 4) is 11.3 Å². The molecule has 6 heteroatoms. The Morgan fingerprint density at radius 3 is 2.41 bits per heavy atom. The number of aromatic amines is 1. The Morgan fingerprint density at radius 1 is 0.875 bits per heavy atom. The third-order valence-electron chi connectivity index (χ3n) is 5.80. The van der Waals surface area contributed by atoms with Crippen LogP contribution in [-0.2, 0) is 6.54 Å². The van der Waals surface area contributed by atoms with E-state index in [0.29, 0.717) is 6.54 Å². The molecule has 0 spiro atoms. The van der Waals surface area contributed by atoms with Gasteiger partial charge in [0.2, 0.25) is 11.8 Å². The highest BCUT2D eigenvalue weighted by atomic mass is 79.9. The van der Waals surface area contributed by atoms with Crippen LogP contribution in [0.3, 0.4) is 0 Å². The fourth-order valence-corrected chi connectivity index (χ4v) is 4.64. The second kappa shape index (κ2) is 8.08. The third kappa shape index (κ3) is 3.38. The van der Waals surface area contributed by atoms with Crippen molar-refractivity contribution in [1.29, 1.82) is 0 Å². The Morgan fingerprint density at radius 2 is 1.62 bits per heavy atom. The second-order valence-corrected chi connectivity index (χ2v) is 8.67. The predicted octanol–water partition coefficient (Wildman–Crippen LogP) is 3.48. The summed E-state index contributed by atoms with van der Waals surface area (Å²) >= 11 is 3.55. The Labute approximate surface area is 198 Å². The highest BCUT2D eigenvalue weighted by molar-refractivity contribution is 9.10. The Bertz CT molecular complexity index is 1570. The topological polar surface area (TPSA) is 24.1 Å². The van der Waals surface area contributed by atoms with E-state index in [0.717, 1.165) is 37.8 Å². The van der Waals surface area contributed by atoms with E-state index in [9.17, 15) is 4.39 Å². The molecule has 0 saturated carbocycles. The number of hydrogen-bond acceptors (Lipinski definition) is 0. The minimum Gasteiger partial charge on any atom is -1.00 e. The zero-order chi connectivity index (χ0) is 20.9. The first-order valence-electron chi connectivity index (χ1n) is 10.1. The largest absolute Gasteiger partial charge is 1.00 e. The molecule has 0 aliphatic carbocycles. The van der Waals surface area contributed by atoms with Crippen LogP contribution in [0.2, 0.25) is 0 Å². The summed E-state index contributed by atoms with van der Waals surface area (Å²) < 4.78 is 18.9. The van der Waals surface area contributed by atoms with Gasteiger partial charge < -0.3 is 17.4 Å². The highest BCUT2D eigenvalue weighted by Crippen LogP contribution is 2.33. The molecule has 0 amide bonds. The van der Waals surface area contributed by atoms with Crippen LogP contribution >= 0.6 is 15.9 Å². The van der Waals surface area contributed by atoms with Gasteiger partial charge in [0.15, 0.2) is 5.69 Å². The number of fused-ring (bicyclic) bond motifs is 5. The first kappa shape index (κ1) is 20.7. The van der Waals surface area contributed by atoms with E-state index in [2.05, 4.69) is 97.0 Å². The molecule has 0 atom stereocenters. The standard InChI is InChI=1S/C26H18BrFN3.ClH/c27-19-9-7-18(8-10-19)25-26-24-22(21-3-1-2-4-23(21)29-24)13-14-30(26)16-31(25)15-17-5-11-20(28)12-6-17;/h1-14,16,29H,15H2;1H/q+1;/p-1. The van der Waals surface area contributed by atoms with Crippen molar-refractivity contribution in [2.24, 2.45) is 0 Å². The Balaban J connectivity index is 0.00000216. The smallest absolute Gasteiger partial charge is 0.249 e. The van der Waals surface area contributed by atoms with E-state index in [-0.39, 0.29) is 18.2 Å². The van der Waals surface area contributed by atoms with Crippen LogP contribution in [-0.4, -0.2) is 9.38 Å². The minimum atomic E-state index is -0.219. The van der Waals surface area contributed by atoms with E-state index in [1.54, 1.807) is 0 Å². The van der Waals surface area contributed by atoms with Crippen molar-refractivity contribution in [2.45, 2.75) is 6.54 Å². The summed E-state index contributed by atoms with van der Waals surface area (Å²) in [7, 11) is 0. The first-order chi connectivity index (χ1) is 15.2. The summed E-state index contributed by atoms with van der Waals surface area (Å²) in [6.45, 7) is 0.648. The van der Waals surface area contributed by atoms with Crippen molar-refractivity contribution in [3.05, 3.63) is 107 Å². The summed E-state index contributed by atoms with van der Waals surface area (Å²) in [5, 5.41) is 2.42. The van der Waals surface area contributed by atoms with Crippen LogP contribution in [0.15, 0.2) is 95.9 Å². The molecular weight excluding hydrogens is 489 g/mol. The van der Waals surface area contributed by atoms with Gasteiger partial charge in [-0.1, -0.05) is 46.3 Å². The van der Waals surface area contributed by atoms with Gasteiger partial charge in [0.05, 0.1) is 11.7 Å². The van der Waals surface area contributed by atoms with Gasteiger partial charge in [0, 0.05) is 26.3 Å². The SMILES string of the molecule is Fc1ccc(C[n+]2cn3ccc4c5ccccc5[nH]c4c3c2-c2ccc(Br)cc2)cc1.[Cl-]. The van der Waals surface area contributed by atoms with Gasteiger partial charge in [-0.25, -0.2) is 8.96 Å². The molecule has 0 fully saturated rings. The number of pyridine rings is 1. The minimum absolute atomic E-state index is 0. The highest BCUT2D eigenvalue weighted by Gasteiger charge is 2.24. The van der Waals surface area contributed by atoms with Gasteiger partial charge in [-0.3, -0.25) is 0 Å². The number of nitrogens with zero attached hydrogens (tertiary/aromatic N) is 2. The average Bonchev–Trinajstić information content (AvgIpc) is 3.34. The van der Waals surface area contributed by atoms with Crippen LogP contribution < -0.4 is 17.0 Å². The summed E-state index contributed by atoms with van der Waals surface area (Å²) in [6.07, 6.45) is 4.22. The molecule has 0 saturated heterocycles. The lowest BCUT2D eigenvalue weighted by atomic mass is 10.1. The summed E-state index contributed by atoms with van der Waals surface area (Å²) in [4.78, 5) is 3.63. The van der Waals surface area contributed by atoms with Crippen molar-refractivity contribution in [1.82, 2.24) is 9.38 Å². The summed E-state index contributed by atoms with van der Waals surface area (Å²) in [5.41, 5.74) is 6.65. The van der Waals surface area contributed by atoms with E-state index < -0.39 is 0 Å². The number of halogens is 3. The molecule has 3 heterocycles. The summed E-state index contributed by atoms with van der Waals surface area (Å²) in [5.74, 6) is -0.219. The number of aromatic nitrogens is 3. The van der Waals surface area contributed by atoms with Crippen molar-refractivity contribution in [3.63, 3.8) is 0 Å². The molecule has 0 unspecified atom stereocenters. The van der Waals surface area contributed by atoms with Crippen molar-refractivity contribution < 1.29 is 21.4 Å². The van der Waals surface area contributed by atoms with Crippen LogP contribution in [0.25, 0.3) is 38.6 Å². The maximum Gasteiger partial charge on any atom is 0.249 e. The molecule has 0 bridgehead atoms. The molecule has 0 aliphatic heterocycles. The molecule has 32 heavy (non-hydrogen) atoms. The number of nitrogens with one attached hydrogen (secondary N) is 1. The normalized spacial score (nSPS) is 11.3. The molecule has 1 N–H and O–H groups in total. The number of hydrogen-bond donors (Lipinski definition) is 1. The van der Waals surface area contributed by atoms with Gasteiger partial charge in [0.1, 0.15) is 12.4 Å². The van der Waals surface area contributed by atoms with Crippen molar-refractivity contribution >= 4 is 43.3 Å². The summed E-state index contributed by atoms with van der Waals surface area (Å²) in [6, 6.07) is 25.6. The van der Waals surface area contributed by atoms with Crippen LogP contribution in [0, 0.1) is 5.82 Å². The average molecular weight is 507 g/mol. The van der Waals surface area contributed by atoms with Gasteiger partial charge in [-0.15, -0.1) is 0 Å². The lowest BCUT2D eigenvalue weighted by Crippen LogP contribution is -3.00. The van der Waals surface area contributed by atoms with Crippen molar-refractivity contribution in [2.75, 3.05) is 0 Å². The number of imidazole rings is 1. The molecule has 6 rings (SSSR count). The molecule has 0 radical (unpaired) electrons. The Kier molecular flexibility index (Phi) is 5.24. The maximum absolute atomic E-state index is 13.4. The van der Waals surface area contributed by atoms with Crippen LogP contribution in [0.5, 0.6) is 0 Å². The first-order valence-corrected chi connectivity index (χ1v) is 10.9. The van der Waals surface area contributed by atoms with Gasteiger partial charge >= 0.3 is 0 Å². The number of H-pyrrole nitrogens is 1. The number of para-hydroxylation sites is 1. The third-order valence-corrected chi connectivity index (χ3v) is 6.33. The van der Waals surface area contributed by atoms with E-state index >= 15 is 0 Å². The second-order valence-electron chi connectivity index (χ2n) is 7.76.